The van der Waals surface area contributed by atoms with Gasteiger partial charge in [-0.1, -0.05) is 12.8 Å². The van der Waals surface area contributed by atoms with Gasteiger partial charge in [0.25, 0.3) is 0 Å². The summed E-state index contributed by atoms with van der Waals surface area (Å²) in [6.07, 6.45) is 7.82. The summed E-state index contributed by atoms with van der Waals surface area (Å²) in [6, 6.07) is 0.894. The van der Waals surface area contributed by atoms with Crippen LogP contribution in [0.5, 0.6) is 6.01 Å². The number of hydrogen-bond acceptors (Lipinski definition) is 5. The zero-order valence-corrected chi connectivity index (χ0v) is 12.6. The second-order valence-electron chi connectivity index (χ2n) is 5.57. The minimum atomic E-state index is 0.218. The molecule has 1 saturated carbocycles. The zero-order chi connectivity index (χ0) is 13.9. The molecule has 1 aliphatic heterocycles. The Balaban J connectivity index is 1.83. The molecule has 0 N–H and O–H groups in total. The third-order valence-electron chi connectivity index (χ3n) is 4.35. The van der Waals surface area contributed by atoms with Crippen molar-refractivity contribution in [3.63, 3.8) is 0 Å². The first-order valence-electron chi connectivity index (χ1n) is 7.59. The lowest BCUT2D eigenvalue weighted by Crippen LogP contribution is -2.36. The molecule has 0 amide bonds. The molecule has 6 heteroatoms. The predicted octanol–water partition coefficient (Wildman–Crippen LogP) is 3.08. The lowest BCUT2D eigenvalue weighted by Gasteiger charge is -2.29. The maximum absolute atomic E-state index is 6.00. The molecule has 20 heavy (non-hydrogen) atoms. The van der Waals surface area contributed by atoms with Crippen LogP contribution in [0.1, 0.15) is 45.4 Å². The molecule has 0 radical (unpaired) electrons. The Kier molecular flexibility index (Phi) is 4.24. The number of halogens is 1. The van der Waals surface area contributed by atoms with Gasteiger partial charge in [0, 0.05) is 12.6 Å². The van der Waals surface area contributed by atoms with Crippen LogP contribution in [-0.2, 0) is 0 Å². The Morgan fingerprint density at radius 2 is 1.95 bits per heavy atom. The first-order chi connectivity index (χ1) is 9.78. The van der Waals surface area contributed by atoms with Crippen molar-refractivity contribution in [2.24, 2.45) is 5.92 Å². The normalized spacial score (nSPS) is 23.5. The number of anilines is 1. The smallest absolute Gasteiger partial charge is 0.322 e. The van der Waals surface area contributed by atoms with E-state index in [2.05, 4.69) is 19.9 Å². The van der Waals surface area contributed by atoms with Crippen molar-refractivity contribution in [3.8, 4) is 6.01 Å². The molecular weight excluding hydrogens is 276 g/mol. The zero-order valence-electron chi connectivity index (χ0n) is 11.9. The van der Waals surface area contributed by atoms with Crippen LogP contribution in [0.4, 0.5) is 5.95 Å². The van der Waals surface area contributed by atoms with Gasteiger partial charge in [0.15, 0.2) is 0 Å². The van der Waals surface area contributed by atoms with E-state index >= 15 is 0 Å². The van der Waals surface area contributed by atoms with E-state index < -0.39 is 0 Å². The van der Waals surface area contributed by atoms with Crippen molar-refractivity contribution >= 4 is 17.5 Å². The average Bonchev–Trinajstić information content (AvgIpc) is 3.09. The number of nitrogens with zero attached hydrogens (tertiary/aromatic N) is 4. The molecule has 1 aliphatic carbocycles. The van der Waals surface area contributed by atoms with Gasteiger partial charge in [-0.3, -0.25) is 0 Å². The fourth-order valence-electron chi connectivity index (χ4n) is 3.52. The number of aromatic nitrogens is 3. The van der Waals surface area contributed by atoms with Crippen LogP contribution in [0.3, 0.4) is 0 Å². The van der Waals surface area contributed by atoms with E-state index in [1.165, 1.54) is 38.5 Å². The van der Waals surface area contributed by atoms with Crippen molar-refractivity contribution < 1.29 is 4.74 Å². The summed E-state index contributed by atoms with van der Waals surface area (Å²) in [5, 5.41) is 0.218. The summed E-state index contributed by atoms with van der Waals surface area (Å²) in [5.41, 5.74) is 0. The Bertz CT molecular complexity index is 464. The SMILES string of the molecule is CCOc1nc(Cl)nc(N2CCCC2C2CCCC2)n1. The summed E-state index contributed by atoms with van der Waals surface area (Å²) < 4.78 is 5.37. The van der Waals surface area contributed by atoms with E-state index in [1.54, 1.807) is 0 Å². The highest BCUT2D eigenvalue weighted by molar-refractivity contribution is 6.28. The van der Waals surface area contributed by atoms with Gasteiger partial charge < -0.3 is 9.64 Å². The minimum absolute atomic E-state index is 0.218. The molecule has 1 unspecified atom stereocenters. The third-order valence-corrected chi connectivity index (χ3v) is 4.52. The van der Waals surface area contributed by atoms with Crippen LogP contribution in [0.25, 0.3) is 0 Å². The first-order valence-corrected chi connectivity index (χ1v) is 7.96. The van der Waals surface area contributed by atoms with Crippen LogP contribution >= 0.6 is 11.6 Å². The monoisotopic (exact) mass is 296 g/mol. The van der Waals surface area contributed by atoms with E-state index in [-0.39, 0.29) is 5.28 Å². The van der Waals surface area contributed by atoms with Gasteiger partial charge in [-0.2, -0.15) is 15.0 Å². The largest absolute Gasteiger partial charge is 0.464 e. The summed E-state index contributed by atoms with van der Waals surface area (Å²) in [6.45, 7) is 3.45. The summed E-state index contributed by atoms with van der Waals surface area (Å²) in [5.74, 6) is 1.46. The van der Waals surface area contributed by atoms with Gasteiger partial charge in [0.2, 0.25) is 11.2 Å². The van der Waals surface area contributed by atoms with Gasteiger partial charge in [-0.15, -0.1) is 0 Å². The van der Waals surface area contributed by atoms with Gasteiger partial charge >= 0.3 is 6.01 Å². The number of ether oxygens (including phenoxy) is 1. The molecule has 5 nitrogen and oxygen atoms in total. The quantitative estimate of drug-likeness (QED) is 0.854. The number of hydrogen-bond donors (Lipinski definition) is 0. The highest BCUT2D eigenvalue weighted by Crippen LogP contribution is 2.37. The molecule has 2 heterocycles. The fourth-order valence-corrected chi connectivity index (χ4v) is 3.67. The topological polar surface area (TPSA) is 51.1 Å². The molecule has 3 rings (SSSR count). The van der Waals surface area contributed by atoms with E-state index in [0.717, 1.165) is 12.5 Å². The van der Waals surface area contributed by atoms with E-state index in [1.807, 2.05) is 6.92 Å². The highest BCUT2D eigenvalue weighted by Gasteiger charge is 2.35. The van der Waals surface area contributed by atoms with Gasteiger partial charge in [-0.25, -0.2) is 0 Å². The Labute approximate surface area is 124 Å². The van der Waals surface area contributed by atoms with Crippen LogP contribution in [-0.4, -0.2) is 34.1 Å². The van der Waals surface area contributed by atoms with E-state index in [0.29, 0.717) is 24.6 Å². The average molecular weight is 297 g/mol. The fraction of sp³-hybridized carbons (Fsp3) is 0.786. The standard InChI is InChI=1S/C14H21ClN4O/c1-2-20-14-17-12(15)16-13(18-14)19-9-5-8-11(19)10-6-3-4-7-10/h10-11H,2-9H2,1H3. The summed E-state index contributed by atoms with van der Waals surface area (Å²) >= 11 is 6.00. The highest BCUT2D eigenvalue weighted by atomic mass is 35.5. The molecule has 0 bridgehead atoms. The second-order valence-corrected chi connectivity index (χ2v) is 5.91. The number of rotatable bonds is 4. The van der Waals surface area contributed by atoms with Crippen molar-refractivity contribution in [2.45, 2.75) is 51.5 Å². The van der Waals surface area contributed by atoms with Crippen LogP contribution in [0.15, 0.2) is 0 Å². The van der Waals surface area contributed by atoms with Gasteiger partial charge in [-0.05, 0) is 50.1 Å². The molecular formula is C14H21ClN4O. The third kappa shape index (κ3) is 2.82. The Morgan fingerprint density at radius 3 is 2.70 bits per heavy atom. The van der Waals surface area contributed by atoms with E-state index in [9.17, 15) is 0 Å². The van der Waals surface area contributed by atoms with Crippen LogP contribution in [0.2, 0.25) is 5.28 Å². The molecule has 1 atom stereocenters. The lowest BCUT2D eigenvalue weighted by molar-refractivity contribution is 0.310. The summed E-state index contributed by atoms with van der Waals surface area (Å²) in [4.78, 5) is 15.1. The van der Waals surface area contributed by atoms with Crippen molar-refractivity contribution in [1.29, 1.82) is 0 Å². The molecule has 2 aliphatic rings. The lowest BCUT2D eigenvalue weighted by atomic mass is 9.96. The maximum Gasteiger partial charge on any atom is 0.322 e. The molecule has 1 saturated heterocycles. The molecule has 1 aromatic rings. The second kappa shape index (κ2) is 6.12. The molecule has 0 spiro atoms. The van der Waals surface area contributed by atoms with Crippen molar-refractivity contribution in [3.05, 3.63) is 5.28 Å². The molecule has 0 aromatic carbocycles. The first kappa shape index (κ1) is 13.9. The summed E-state index contributed by atoms with van der Waals surface area (Å²) in [7, 11) is 0. The van der Waals surface area contributed by atoms with Gasteiger partial charge in [0.1, 0.15) is 0 Å². The minimum Gasteiger partial charge on any atom is -0.464 e. The van der Waals surface area contributed by atoms with Crippen LogP contribution in [0, 0.1) is 5.92 Å². The Morgan fingerprint density at radius 1 is 1.15 bits per heavy atom. The molecule has 110 valence electrons. The van der Waals surface area contributed by atoms with Crippen LogP contribution < -0.4 is 9.64 Å². The van der Waals surface area contributed by atoms with Crippen molar-refractivity contribution in [1.82, 2.24) is 15.0 Å². The molecule has 2 fully saturated rings. The van der Waals surface area contributed by atoms with E-state index in [4.69, 9.17) is 16.3 Å². The molecule has 1 aromatic heterocycles. The van der Waals surface area contributed by atoms with Crippen molar-refractivity contribution in [2.75, 3.05) is 18.1 Å². The predicted molar refractivity (Wildman–Crippen MR) is 78.3 cm³/mol. The van der Waals surface area contributed by atoms with Gasteiger partial charge in [0.05, 0.1) is 6.61 Å². The Hall–Kier alpha value is -1.10. The maximum atomic E-state index is 6.00.